The summed E-state index contributed by atoms with van der Waals surface area (Å²) in [5.74, 6) is 0. The molecule has 0 unspecified atom stereocenters. The average molecular weight is 265 g/mol. The Kier molecular flexibility index (Phi) is 4.17. The van der Waals surface area contributed by atoms with Gasteiger partial charge in [0.25, 0.3) is 0 Å². The van der Waals surface area contributed by atoms with Crippen LogP contribution in [0.2, 0.25) is 5.15 Å². The van der Waals surface area contributed by atoms with Gasteiger partial charge in [-0.1, -0.05) is 23.7 Å². The summed E-state index contributed by atoms with van der Waals surface area (Å²) in [6.45, 7) is 3.50. The van der Waals surface area contributed by atoms with E-state index in [1.54, 1.807) is 0 Å². The van der Waals surface area contributed by atoms with Crippen molar-refractivity contribution in [1.82, 2.24) is 9.88 Å². The zero-order valence-corrected chi connectivity index (χ0v) is 11.4. The molecule has 0 atom stereocenters. The van der Waals surface area contributed by atoms with Crippen molar-refractivity contribution >= 4 is 22.5 Å². The number of aliphatic hydroxyl groups is 1. The van der Waals surface area contributed by atoms with E-state index in [1.807, 2.05) is 24.9 Å². The maximum absolute atomic E-state index is 8.90. The van der Waals surface area contributed by atoms with E-state index in [0.29, 0.717) is 18.2 Å². The molecule has 1 heterocycles. The first-order chi connectivity index (χ1) is 8.60. The predicted octanol–water partition coefficient (Wildman–Crippen LogP) is 2.62. The van der Waals surface area contributed by atoms with Gasteiger partial charge in [-0.2, -0.15) is 0 Å². The fraction of sp³-hybridized carbons (Fsp3) is 0.357. The van der Waals surface area contributed by atoms with Crippen LogP contribution in [0.25, 0.3) is 10.9 Å². The van der Waals surface area contributed by atoms with Crippen LogP contribution in [0.5, 0.6) is 0 Å². The number of aryl methyl sites for hydroxylation is 1. The highest BCUT2D eigenvalue weighted by Gasteiger charge is 2.07. The molecule has 1 aromatic carbocycles. The van der Waals surface area contributed by atoms with E-state index in [1.165, 1.54) is 5.56 Å². The first-order valence-corrected chi connectivity index (χ1v) is 6.33. The largest absolute Gasteiger partial charge is 0.395 e. The number of pyridine rings is 1. The van der Waals surface area contributed by atoms with Crippen LogP contribution in [0.15, 0.2) is 24.3 Å². The smallest absolute Gasteiger partial charge is 0.134 e. The third kappa shape index (κ3) is 2.99. The molecule has 0 saturated carbocycles. The number of hydrogen-bond donors (Lipinski definition) is 1. The van der Waals surface area contributed by atoms with Crippen LogP contribution in [-0.2, 0) is 6.54 Å². The molecule has 2 aromatic rings. The number of rotatable bonds is 4. The lowest BCUT2D eigenvalue weighted by Gasteiger charge is -2.16. The van der Waals surface area contributed by atoms with Gasteiger partial charge in [-0.3, -0.25) is 4.90 Å². The van der Waals surface area contributed by atoms with E-state index in [2.05, 4.69) is 23.2 Å². The summed E-state index contributed by atoms with van der Waals surface area (Å²) in [6, 6.07) is 8.23. The van der Waals surface area contributed by atoms with E-state index in [4.69, 9.17) is 16.7 Å². The van der Waals surface area contributed by atoms with Crippen LogP contribution in [0.4, 0.5) is 0 Å². The SMILES string of the molecule is Cc1ccc2cc(CN(C)CCO)c(Cl)nc2c1. The molecule has 3 nitrogen and oxygen atoms in total. The van der Waals surface area contributed by atoms with Gasteiger partial charge in [0.15, 0.2) is 0 Å². The number of aromatic nitrogens is 1. The normalized spacial score (nSPS) is 11.4. The number of benzene rings is 1. The number of hydrogen-bond acceptors (Lipinski definition) is 3. The Morgan fingerprint density at radius 3 is 2.83 bits per heavy atom. The van der Waals surface area contributed by atoms with Crippen LogP contribution < -0.4 is 0 Å². The van der Waals surface area contributed by atoms with E-state index in [-0.39, 0.29) is 6.61 Å². The van der Waals surface area contributed by atoms with Crippen molar-refractivity contribution in [2.24, 2.45) is 0 Å². The van der Waals surface area contributed by atoms with Crippen molar-refractivity contribution in [2.45, 2.75) is 13.5 Å². The quantitative estimate of drug-likeness (QED) is 0.863. The van der Waals surface area contributed by atoms with Crippen molar-refractivity contribution in [1.29, 1.82) is 0 Å². The van der Waals surface area contributed by atoms with Gasteiger partial charge in [-0.15, -0.1) is 0 Å². The van der Waals surface area contributed by atoms with Crippen molar-refractivity contribution in [3.05, 3.63) is 40.5 Å². The van der Waals surface area contributed by atoms with Crippen LogP contribution in [0, 0.1) is 6.92 Å². The minimum Gasteiger partial charge on any atom is -0.395 e. The van der Waals surface area contributed by atoms with Crippen LogP contribution in [0.3, 0.4) is 0 Å². The van der Waals surface area contributed by atoms with E-state index < -0.39 is 0 Å². The molecule has 0 amide bonds. The Labute approximate surface area is 112 Å². The Bertz CT molecular complexity index is 557. The van der Waals surface area contributed by atoms with Gasteiger partial charge < -0.3 is 5.11 Å². The van der Waals surface area contributed by atoms with Gasteiger partial charge in [-0.25, -0.2) is 4.98 Å². The Balaban J connectivity index is 2.34. The zero-order valence-electron chi connectivity index (χ0n) is 10.7. The third-order valence-corrected chi connectivity index (χ3v) is 3.25. The predicted molar refractivity (Wildman–Crippen MR) is 74.9 cm³/mol. The monoisotopic (exact) mass is 264 g/mol. The third-order valence-electron chi connectivity index (χ3n) is 2.92. The average Bonchev–Trinajstić information content (AvgIpc) is 2.31. The molecule has 0 radical (unpaired) electrons. The lowest BCUT2D eigenvalue weighted by atomic mass is 10.1. The van der Waals surface area contributed by atoms with E-state index in [0.717, 1.165) is 16.5 Å². The van der Waals surface area contributed by atoms with Gasteiger partial charge >= 0.3 is 0 Å². The summed E-state index contributed by atoms with van der Waals surface area (Å²) >= 11 is 6.20. The Hall–Kier alpha value is -1.16. The molecule has 2 rings (SSSR count). The highest BCUT2D eigenvalue weighted by atomic mass is 35.5. The lowest BCUT2D eigenvalue weighted by molar-refractivity contribution is 0.217. The van der Waals surface area contributed by atoms with E-state index in [9.17, 15) is 0 Å². The maximum Gasteiger partial charge on any atom is 0.134 e. The molecule has 0 aliphatic heterocycles. The summed E-state index contributed by atoms with van der Waals surface area (Å²) in [7, 11) is 1.95. The summed E-state index contributed by atoms with van der Waals surface area (Å²) < 4.78 is 0. The van der Waals surface area contributed by atoms with Crippen molar-refractivity contribution < 1.29 is 5.11 Å². The first kappa shape index (κ1) is 13.3. The molecule has 0 aliphatic rings. The summed E-state index contributed by atoms with van der Waals surface area (Å²) in [4.78, 5) is 6.44. The van der Waals surface area contributed by atoms with Crippen LogP contribution in [0.1, 0.15) is 11.1 Å². The second-order valence-corrected chi connectivity index (χ2v) is 4.95. The first-order valence-electron chi connectivity index (χ1n) is 5.95. The Morgan fingerprint density at radius 1 is 1.33 bits per heavy atom. The zero-order chi connectivity index (χ0) is 13.1. The number of fused-ring (bicyclic) bond motifs is 1. The molecule has 96 valence electrons. The number of halogens is 1. The molecule has 0 aliphatic carbocycles. The molecule has 0 saturated heterocycles. The second kappa shape index (κ2) is 5.65. The lowest BCUT2D eigenvalue weighted by Crippen LogP contribution is -2.21. The second-order valence-electron chi connectivity index (χ2n) is 4.60. The van der Waals surface area contributed by atoms with Gasteiger partial charge in [-0.05, 0) is 31.7 Å². The van der Waals surface area contributed by atoms with Crippen molar-refractivity contribution in [3.63, 3.8) is 0 Å². The molecule has 4 heteroatoms. The summed E-state index contributed by atoms with van der Waals surface area (Å²) in [5.41, 5.74) is 3.09. The van der Waals surface area contributed by atoms with Gasteiger partial charge in [0.2, 0.25) is 0 Å². The van der Waals surface area contributed by atoms with Crippen LogP contribution >= 0.6 is 11.6 Å². The fourth-order valence-electron chi connectivity index (χ4n) is 1.95. The van der Waals surface area contributed by atoms with E-state index >= 15 is 0 Å². The summed E-state index contributed by atoms with van der Waals surface area (Å²) in [5, 5.41) is 10.5. The van der Waals surface area contributed by atoms with Crippen LogP contribution in [-0.4, -0.2) is 35.2 Å². The number of aliphatic hydroxyl groups excluding tert-OH is 1. The highest BCUT2D eigenvalue weighted by molar-refractivity contribution is 6.30. The van der Waals surface area contributed by atoms with Crippen molar-refractivity contribution in [3.8, 4) is 0 Å². The topological polar surface area (TPSA) is 36.4 Å². The minimum atomic E-state index is 0.147. The van der Waals surface area contributed by atoms with Crippen molar-refractivity contribution in [2.75, 3.05) is 20.2 Å². The minimum absolute atomic E-state index is 0.147. The van der Waals surface area contributed by atoms with Gasteiger partial charge in [0, 0.05) is 24.0 Å². The molecule has 1 aromatic heterocycles. The molecule has 1 N–H and O–H groups in total. The molecular weight excluding hydrogens is 248 g/mol. The number of likely N-dealkylation sites (N-methyl/N-ethyl adjacent to an activating group) is 1. The summed E-state index contributed by atoms with van der Waals surface area (Å²) in [6.07, 6.45) is 0. The maximum atomic E-state index is 8.90. The standard InChI is InChI=1S/C14H17ClN2O/c1-10-3-4-11-8-12(9-17(2)5-6-18)14(15)16-13(11)7-10/h3-4,7-8,18H,5-6,9H2,1-2H3. The van der Waals surface area contributed by atoms with Gasteiger partial charge in [0.05, 0.1) is 12.1 Å². The molecule has 0 spiro atoms. The van der Waals surface area contributed by atoms with Gasteiger partial charge in [0.1, 0.15) is 5.15 Å². The molecular formula is C14H17ClN2O. The Morgan fingerprint density at radius 2 is 2.11 bits per heavy atom. The highest BCUT2D eigenvalue weighted by Crippen LogP contribution is 2.22. The molecule has 18 heavy (non-hydrogen) atoms. The molecule has 0 fully saturated rings. The number of nitrogens with zero attached hydrogens (tertiary/aromatic N) is 2. The molecule has 0 bridgehead atoms. The fourth-order valence-corrected chi connectivity index (χ4v) is 2.15.